The van der Waals surface area contributed by atoms with Crippen molar-refractivity contribution in [3.63, 3.8) is 0 Å². The predicted octanol–water partition coefficient (Wildman–Crippen LogP) is 3.48. The first-order valence-corrected chi connectivity index (χ1v) is 10.3. The van der Waals surface area contributed by atoms with Crippen LogP contribution in [0, 0.1) is 12.8 Å². The number of piperidine rings is 2. The Morgan fingerprint density at radius 1 is 1.00 bits per heavy atom. The number of aryl methyl sites for hydroxylation is 2. The Balaban J connectivity index is 1.35. The summed E-state index contributed by atoms with van der Waals surface area (Å²) in [6.07, 6.45) is 7.02. The Morgan fingerprint density at radius 3 is 2.28 bits per heavy atom. The molecule has 0 bridgehead atoms. The van der Waals surface area contributed by atoms with Gasteiger partial charge in [-0.05, 0) is 76.9 Å². The summed E-state index contributed by atoms with van der Waals surface area (Å²) in [5.41, 5.74) is 2.82. The van der Waals surface area contributed by atoms with Gasteiger partial charge in [0.15, 0.2) is 0 Å². The van der Waals surface area contributed by atoms with Gasteiger partial charge < -0.3 is 14.9 Å². The third-order valence-electron chi connectivity index (χ3n) is 6.32. The lowest BCUT2D eigenvalue weighted by atomic mass is 9.93. The largest absolute Gasteiger partial charge is 0.393 e. The smallest absolute Gasteiger partial charge is 0.0564 e. The van der Waals surface area contributed by atoms with Crippen LogP contribution in [0.2, 0.25) is 0 Å². The Bertz CT molecular complexity index is 499. The van der Waals surface area contributed by atoms with Crippen molar-refractivity contribution < 1.29 is 5.11 Å². The van der Waals surface area contributed by atoms with Crippen molar-refractivity contribution in [3.05, 3.63) is 35.4 Å². The zero-order chi connectivity index (χ0) is 17.6. The number of aliphatic hydroxyl groups is 1. The van der Waals surface area contributed by atoms with E-state index in [9.17, 15) is 5.11 Å². The molecule has 140 valence electrons. The fourth-order valence-corrected chi connectivity index (χ4v) is 4.36. The number of hydrogen-bond acceptors (Lipinski definition) is 3. The van der Waals surface area contributed by atoms with Gasteiger partial charge in [0.1, 0.15) is 0 Å². The summed E-state index contributed by atoms with van der Waals surface area (Å²) in [6, 6.07) is 9.71. The van der Waals surface area contributed by atoms with Gasteiger partial charge in [-0.1, -0.05) is 29.8 Å². The van der Waals surface area contributed by atoms with Gasteiger partial charge >= 0.3 is 0 Å². The summed E-state index contributed by atoms with van der Waals surface area (Å²) in [7, 11) is 0. The second-order valence-corrected chi connectivity index (χ2v) is 8.38. The lowest BCUT2D eigenvalue weighted by Gasteiger charge is -2.39. The summed E-state index contributed by atoms with van der Waals surface area (Å²) >= 11 is 0. The highest BCUT2D eigenvalue weighted by atomic mass is 16.3. The minimum atomic E-state index is -0.0486. The van der Waals surface area contributed by atoms with E-state index in [1.54, 1.807) is 0 Å². The van der Waals surface area contributed by atoms with Gasteiger partial charge in [0.25, 0.3) is 0 Å². The van der Waals surface area contributed by atoms with E-state index >= 15 is 0 Å². The minimum Gasteiger partial charge on any atom is -0.393 e. The van der Waals surface area contributed by atoms with Crippen molar-refractivity contribution in [1.82, 2.24) is 9.80 Å². The molecule has 0 aliphatic carbocycles. The van der Waals surface area contributed by atoms with Gasteiger partial charge in [-0.25, -0.2) is 0 Å². The van der Waals surface area contributed by atoms with Crippen LogP contribution in [0.5, 0.6) is 0 Å². The fourth-order valence-electron chi connectivity index (χ4n) is 4.36. The van der Waals surface area contributed by atoms with Crippen LogP contribution in [0.25, 0.3) is 0 Å². The highest BCUT2D eigenvalue weighted by Gasteiger charge is 2.25. The third-order valence-corrected chi connectivity index (χ3v) is 6.32. The average Bonchev–Trinajstić information content (AvgIpc) is 2.63. The van der Waals surface area contributed by atoms with E-state index in [4.69, 9.17) is 0 Å². The summed E-state index contributed by atoms with van der Waals surface area (Å²) in [5, 5.41) is 9.64. The first-order valence-electron chi connectivity index (χ1n) is 10.3. The second kappa shape index (κ2) is 9.16. The van der Waals surface area contributed by atoms with E-state index < -0.39 is 0 Å². The molecular formula is C22H36N2O. The first-order chi connectivity index (χ1) is 12.1. The maximum atomic E-state index is 9.64. The molecule has 1 aromatic carbocycles. The third kappa shape index (κ3) is 5.80. The molecule has 1 atom stereocenters. The van der Waals surface area contributed by atoms with Crippen LogP contribution in [-0.2, 0) is 6.42 Å². The Labute approximate surface area is 154 Å². The van der Waals surface area contributed by atoms with Crippen LogP contribution in [-0.4, -0.2) is 59.8 Å². The van der Waals surface area contributed by atoms with Gasteiger partial charge in [0.2, 0.25) is 0 Å². The fraction of sp³-hybridized carbons (Fsp3) is 0.727. The van der Waals surface area contributed by atoms with Crippen molar-refractivity contribution >= 4 is 0 Å². The van der Waals surface area contributed by atoms with Crippen molar-refractivity contribution in [2.45, 2.75) is 64.5 Å². The van der Waals surface area contributed by atoms with Crippen molar-refractivity contribution in [1.29, 1.82) is 0 Å². The number of hydrogen-bond donors (Lipinski definition) is 1. The summed E-state index contributed by atoms with van der Waals surface area (Å²) in [5.74, 6) is 0.857. The van der Waals surface area contributed by atoms with Gasteiger partial charge in [-0.15, -0.1) is 0 Å². The van der Waals surface area contributed by atoms with E-state index in [2.05, 4.69) is 47.9 Å². The Hall–Kier alpha value is -0.900. The molecule has 1 aromatic rings. The summed E-state index contributed by atoms with van der Waals surface area (Å²) in [6.45, 7) is 10.5. The number of rotatable bonds is 6. The second-order valence-electron chi connectivity index (χ2n) is 8.38. The standard InChI is InChI=1S/C22H36N2O/c1-18-3-6-20(7-4-18)8-5-19(2)24-15-9-21(10-16-24)17-23-13-11-22(25)12-14-23/h3-4,6-7,19,21-22,25H,5,8-17H2,1-2H3. The molecule has 0 amide bonds. The van der Waals surface area contributed by atoms with Crippen molar-refractivity contribution in [2.75, 3.05) is 32.7 Å². The highest BCUT2D eigenvalue weighted by Crippen LogP contribution is 2.23. The zero-order valence-electron chi connectivity index (χ0n) is 16.2. The number of aliphatic hydroxyl groups excluding tert-OH is 1. The average molecular weight is 345 g/mol. The zero-order valence-corrected chi connectivity index (χ0v) is 16.2. The van der Waals surface area contributed by atoms with Crippen LogP contribution in [0.3, 0.4) is 0 Å². The first kappa shape index (κ1) is 18.9. The van der Waals surface area contributed by atoms with Crippen LogP contribution in [0.4, 0.5) is 0 Å². The molecule has 2 aliphatic rings. The molecule has 3 heteroatoms. The molecule has 2 saturated heterocycles. The molecule has 0 aromatic heterocycles. The lowest BCUT2D eigenvalue weighted by Crippen LogP contribution is -2.44. The topological polar surface area (TPSA) is 26.7 Å². The number of benzene rings is 1. The molecule has 1 N–H and O–H groups in total. The molecule has 2 fully saturated rings. The maximum absolute atomic E-state index is 9.64. The molecule has 0 radical (unpaired) electrons. The number of nitrogens with zero attached hydrogens (tertiary/aromatic N) is 2. The molecule has 3 nitrogen and oxygen atoms in total. The summed E-state index contributed by atoms with van der Waals surface area (Å²) in [4.78, 5) is 5.28. The van der Waals surface area contributed by atoms with E-state index in [-0.39, 0.29) is 6.10 Å². The highest BCUT2D eigenvalue weighted by molar-refractivity contribution is 5.21. The van der Waals surface area contributed by atoms with Crippen LogP contribution in [0.15, 0.2) is 24.3 Å². The SMILES string of the molecule is Cc1ccc(CCC(C)N2CCC(CN3CCC(O)CC3)CC2)cc1. The van der Waals surface area contributed by atoms with Gasteiger partial charge in [0, 0.05) is 25.7 Å². The minimum absolute atomic E-state index is 0.0486. The molecule has 25 heavy (non-hydrogen) atoms. The van der Waals surface area contributed by atoms with E-state index in [1.165, 1.54) is 56.4 Å². The monoisotopic (exact) mass is 344 g/mol. The molecule has 1 unspecified atom stereocenters. The van der Waals surface area contributed by atoms with Gasteiger partial charge in [-0.3, -0.25) is 0 Å². The Morgan fingerprint density at radius 2 is 1.64 bits per heavy atom. The number of likely N-dealkylation sites (tertiary alicyclic amines) is 2. The van der Waals surface area contributed by atoms with Crippen molar-refractivity contribution in [2.24, 2.45) is 5.92 Å². The molecule has 2 aliphatic heterocycles. The van der Waals surface area contributed by atoms with E-state index in [0.717, 1.165) is 31.8 Å². The molecular weight excluding hydrogens is 308 g/mol. The maximum Gasteiger partial charge on any atom is 0.0564 e. The quantitative estimate of drug-likeness (QED) is 0.856. The van der Waals surface area contributed by atoms with Crippen LogP contribution < -0.4 is 0 Å². The molecule has 0 spiro atoms. The van der Waals surface area contributed by atoms with Gasteiger partial charge in [0.05, 0.1) is 6.10 Å². The van der Waals surface area contributed by atoms with Crippen LogP contribution in [0.1, 0.15) is 50.2 Å². The van der Waals surface area contributed by atoms with Crippen LogP contribution >= 0.6 is 0 Å². The van der Waals surface area contributed by atoms with Gasteiger partial charge in [-0.2, -0.15) is 0 Å². The lowest BCUT2D eigenvalue weighted by molar-refractivity contribution is 0.0604. The Kier molecular flexibility index (Phi) is 6.92. The van der Waals surface area contributed by atoms with E-state index in [1.807, 2.05) is 0 Å². The predicted molar refractivity (Wildman–Crippen MR) is 105 cm³/mol. The normalized spacial score (nSPS) is 23.0. The molecule has 0 saturated carbocycles. The van der Waals surface area contributed by atoms with E-state index in [0.29, 0.717) is 6.04 Å². The molecule has 2 heterocycles. The summed E-state index contributed by atoms with van der Waals surface area (Å²) < 4.78 is 0. The molecule has 3 rings (SSSR count). The van der Waals surface area contributed by atoms with Crippen molar-refractivity contribution in [3.8, 4) is 0 Å².